The minimum atomic E-state index is 0.0470. The molecule has 172 valence electrons. The summed E-state index contributed by atoms with van der Waals surface area (Å²) in [5.74, 6) is 5.76. The van der Waals surface area contributed by atoms with E-state index in [0.29, 0.717) is 17.4 Å². The lowest BCUT2D eigenvalue weighted by Gasteiger charge is -2.56. The predicted octanol–water partition coefficient (Wildman–Crippen LogP) is 5.97. The van der Waals surface area contributed by atoms with Gasteiger partial charge in [0, 0.05) is 5.92 Å². The van der Waals surface area contributed by atoms with Crippen LogP contribution in [-0.4, -0.2) is 15.9 Å². The standard InChI is InChI=1S/C27H38N4O/c1-3-4-17-5-7-20-19(13-17)6-8-22-21(20)11-12-27(2)23(22)9-10-24(27)25(32)31-26-29-15-18(14-28)16-30-26/h15-17,19-24H,3-13H2,1-2H3,(H,29,30,31,32). The highest BCUT2D eigenvalue weighted by atomic mass is 16.2. The molecule has 1 N–H and O–H groups in total. The topological polar surface area (TPSA) is 78.7 Å². The summed E-state index contributed by atoms with van der Waals surface area (Å²) >= 11 is 0. The van der Waals surface area contributed by atoms with E-state index in [1.165, 1.54) is 76.6 Å². The number of rotatable bonds is 4. The first-order valence-corrected chi connectivity index (χ1v) is 13.1. The van der Waals surface area contributed by atoms with Gasteiger partial charge in [0.1, 0.15) is 6.07 Å². The van der Waals surface area contributed by atoms with Crippen LogP contribution in [0.1, 0.15) is 90.0 Å². The highest BCUT2D eigenvalue weighted by Gasteiger charge is 2.58. The zero-order chi connectivity index (χ0) is 22.3. The lowest BCUT2D eigenvalue weighted by atomic mass is 9.49. The van der Waals surface area contributed by atoms with E-state index in [0.717, 1.165) is 36.0 Å². The Morgan fingerprint density at radius 3 is 2.62 bits per heavy atom. The van der Waals surface area contributed by atoms with Crippen molar-refractivity contribution in [1.29, 1.82) is 5.26 Å². The number of hydrogen-bond acceptors (Lipinski definition) is 4. The number of fused-ring (bicyclic) bond motifs is 5. The van der Waals surface area contributed by atoms with Crippen molar-refractivity contribution in [3.05, 3.63) is 18.0 Å². The first-order chi connectivity index (χ1) is 15.5. The number of carbonyl (C=O) groups is 1. The number of nitrogens with one attached hydrogen (secondary N) is 1. The van der Waals surface area contributed by atoms with Gasteiger partial charge in [-0.15, -0.1) is 0 Å². The molecule has 5 heteroatoms. The zero-order valence-corrected chi connectivity index (χ0v) is 19.7. The molecule has 1 amide bonds. The second-order valence-electron chi connectivity index (χ2n) is 11.5. The zero-order valence-electron chi connectivity index (χ0n) is 19.7. The van der Waals surface area contributed by atoms with Gasteiger partial charge < -0.3 is 0 Å². The fourth-order valence-corrected chi connectivity index (χ4v) is 8.70. The van der Waals surface area contributed by atoms with Gasteiger partial charge in [-0.25, -0.2) is 9.97 Å². The minimum Gasteiger partial charge on any atom is -0.294 e. The van der Waals surface area contributed by atoms with Gasteiger partial charge in [-0.05, 0) is 92.3 Å². The Bertz CT molecular complexity index is 877. The number of amides is 1. The molecule has 4 fully saturated rings. The van der Waals surface area contributed by atoms with Gasteiger partial charge >= 0.3 is 0 Å². The van der Waals surface area contributed by atoms with Gasteiger partial charge in [-0.2, -0.15) is 5.26 Å². The molecule has 1 heterocycles. The van der Waals surface area contributed by atoms with E-state index in [1.807, 2.05) is 6.07 Å². The predicted molar refractivity (Wildman–Crippen MR) is 124 cm³/mol. The van der Waals surface area contributed by atoms with Crippen molar-refractivity contribution in [2.75, 3.05) is 5.32 Å². The molecule has 32 heavy (non-hydrogen) atoms. The summed E-state index contributed by atoms with van der Waals surface area (Å²) in [4.78, 5) is 21.6. The molecule has 0 aliphatic heterocycles. The van der Waals surface area contributed by atoms with Gasteiger partial charge in [-0.3, -0.25) is 10.1 Å². The van der Waals surface area contributed by atoms with Crippen LogP contribution < -0.4 is 5.32 Å². The first-order valence-electron chi connectivity index (χ1n) is 13.1. The van der Waals surface area contributed by atoms with Gasteiger partial charge in [0.15, 0.2) is 0 Å². The summed E-state index contributed by atoms with van der Waals surface area (Å²) in [5.41, 5.74) is 0.512. The molecule has 8 atom stereocenters. The van der Waals surface area contributed by atoms with E-state index >= 15 is 0 Å². The van der Waals surface area contributed by atoms with Crippen molar-refractivity contribution >= 4 is 11.9 Å². The van der Waals surface area contributed by atoms with Crippen LogP contribution in [0.15, 0.2) is 12.4 Å². The van der Waals surface area contributed by atoms with Crippen LogP contribution in [-0.2, 0) is 4.79 Å². The van der Waals surface area contributed by atoms with E-state index in [9.17, 15) is 4.79 Å². The highest BCUT2D eigenvalue weighted by molar-refractivity contribution is 5.91. The number of nitriles is 1. The third-order valence-electron chi connectivity index (χ3n) is 10.1. The molecule has 4 aliphatic carbocycles. The Balaban J connectivity index is 1.26. The summed E-state index contributed by atoms with van der Waals surface area (Å²) in [6.07, 6.45) is 17.6. The van der Waals surface area contributed by atoms with E-state index in [-0.39, 0.29) is 17.2 Å². The molecule has 1 aromatic heterocycles. The molecule has 1 aromatic rings. The summed E-state index contributed by atoms with van der Waals surface area (Å²) in [6.45, 7) is 4.74. The van der Waals surface area contributed by atoms with Crippen LogP contribution in [0.2, 0.25) is 0 Å². The third kappa shape index (κ3) is 3.74. The normalized spacial score (nSPS) is 40.5. The molecular formula is C27H38N4O. The van der Waals surface area contributed by atoms with Crippen molar-refractivity contribution < 1.29 is 4.79 Å². The molecule has 0 aromatic carbocycles. The fraction of sp³-hybridized carbons (Fsp3) is 0.778. The van der Waals surface area contributed by atoms with Crippen LogP contribution >= 0.6 is 0 Å². The monoisotopic (exact) mass is 434 g/mol. The molecule has 0 bridgehead atoms. The van der Waals surface area contributed by atoms with Crippen molar-refractivity contribution in [1.82, 2.24) is 9.97 Å². The van der Waals surface area contributed by atoms with Crippen molar-refractivity contribution in [3.63, 3.8) is 0 Å². The van der Waals surface area contributed by atoms with Gasteiger partial charge in [0.2, 0.25) is 11.9 Å². The van der Waals surface area contributed by atoms with E-state index < -0.39 is 0 Å². The second kappa shape index (κ2) is 8.76. The van der Waals surface area contributed by atoms with Crippen LogP contribution in [0.25, 0.3) is 0 Å². The van der Waals surface area contributed by atoms with E-state index in [4.69, 9.17) is 5.26 Å². The van der Waals surface area contributed by atoms with Crippen molar-refractivity contribution in [2.24, 2.45) is 46.8 Å². The van der Waals surface area contributed by atoms with Crippen LogP contribution in [0, 0.1) is 58.2 Å². The molecule has 0 spiro atoms. The summed E-state index contributed by atoms with van der Waals surface area (Å²) < 4.78 is 0. The maximum absolute atomic E-state index is 13.3. The lowest BCUT2D eigenvalue weighted by molar-refractivity contribution is -0.127. The molecular weight excluding hydrogens is 396 g/mol. The Labute approximate surface area is 192 Å². The van der Waals surface area contributed by atoms with Crippen LogP contribution in [0.3, 0.4) is 0 Å². The van der Waals surface area contributed by atoms with Crippen molar-refractivity contribution in [3.8, 4) is 6.07 Å². The molecule has 0 radical (unpaired) electrons. The third-order valence-corrected chi connectivity index (χ3v) is 10.1. The molecule has 0 saturated heterocycles. The summed E-state index contributed by atoms with van der Waals surface area (Å²) in [7, 11) is 0. The van der Waals surface area contributed by atoms with Crippen LogP contribution in [0.4, 0.5) is 5.95 Å². The maximum Gasteiger partial charge on any atom is 0.230 e. The second-order valence-corrected chi connectivity index (χ2v) is 11.5. The highest BCUT2D eigenvalue weighted by Crippen LogP contribution is 2.64. The van der Waals surface area contributed by atoms with Gasteiger partial charge in [0.05, 0.1) is 18.0 Å². The Kier molecular flexibility index (Phi) is 5.99. The van der Waals surface area contributed by atoms with Crippen molar-refractivity contribution in [2.45, 2.75) is 84.5 Å². The van der Waals surface area contributed by atoms with E-state index in [1.54, 1.807) is 0 Å². The summed E-state index contributed by atoms with van der Waals surface area (Å²) in [6, 6.07) is 2.02. The smallest absolute Gasteiger partial charge is 0.230 e. The average Bonchev–Trinajstić information content (AvgIpc) is 3.17. The Hall–Kier alpha value is -1.96. The van der Waals surface area contributed by atoms with Gasteiger partial charge in [0.25, 0.3) is 0 Å². The fourth-order valence-electron chi connectivity index (χ4n) is 8.70. The number of aromatic nitrogens is 2. The Morgan fingerprint density at radius 2 is 1.88 bits per heavy atom. The molecule has 5 nitrogen and oxygen atoms in total. The van der Waals surface area contributed by atoms with Gasteiger partial charge in [-0.1, -0.05) is 33.1 Å². The molecule has 8 unspecified atom stereocenters. The largest absolute Gasteiger partial charge is 0.294 e. The maximum atomic E-state index is 13.3. The molecule has 5 rings (SSSR count). The molecule has 4 aliphatic rings. The number of hydrogen-bond donors (Lipinski definition) is 1. The Morgan fingerprint density at radius 1 is 1.09 bits per heavy atom. The average molecular weight is 435 g/mol. The SMILES string of the molecule is CCCC1CCC2C(CCC3C2CCC2(C)C(C(=O)Nc4ncc(C#N)cn4)CCC32)C1. The lowest BCUT2D eigenvalue weighted by Crippen LogP contribution is -2.49. The summed E-state index contributed by atoms with van der Waals surface area (Å²) in [5, 5.41) is 11.9. The molecule has 4 saturated carbocycles. The van der Waals surface area contributed by atoms with E-state index in [2.05, 4.69) is 29.1 Å². The van der Waals surface area contributed by atoms with Crippen LogP contribution in [0.5, 0.6) is 0 Å². The quantitative estimate of drug-likeness (QED) is 0.633. The number of carbonyl (C=O) groups excluding carboxylic acids is 1. The first kappa shape index (κ1) is 21.9. The number of nitrogens with zero attached hydrogens (tertiary/aromatic N) is 3. The number of anilines is 1. The minimum absolute atomic E-state index is 0.0470.